The van der Waals surface area contributed by atoms with Gasteiger partial charge in [0.15, 0.2) is 5.82 Å². The molecule has 30 heavy (non-hydrogen) atoms. The van der Waals surface area contributed by atoms with Crippen LogP contribution in [0.15, 0.2) is 36.8 Å². The van der Waals surface area contributed by atoms with Gasteiger partial charge in [-0.2, -0.15) is 0 Å². The van der Waals surface area contributed by atoms with E-state index in [0.29, 0.717) is 6.54 Å². The summed E-state index contributed by atoms with van der Waals surface area (Å²) in [5.74, 6) is 1.27. The fraction of sp³-hybridized carbons (Fsp3) is 0.522. The molecule has 4 rings (SSSR count). The van der Waals surface area contributed by atoms with E-state index in [1.807, 2.05) is 12.3 Å². The Bertz CT molecular complexity index is 856. The molecule has 2 aliphatic heterocycles. The third-order valence-corrected chi connectivity index (χ3v) is 6.23. The van der Waals surface area contributed by atoms with E-state index in [1.165, 1.54) is 5.56 Å². The van der Waals surface area contributed by atoms with Crippen molar-refractivity contribution in [3.8, 4) is 0 Å². The van der Waals surface area contributed by atoms with Gasteiger partial charge in [0, 0.05) is 51.7 Å². The van der Waals surface area contributed by atoms with Gasteiger partial charge in [-0.15, -0.1) is 0 Å². The maximum atomic E-state index is 12.7. The fourth-order valence-electron chi connectivity index (χ4n) is 4.34. The zero-order valence-corrected chi connectivity index (χ0v) is 18.0. The summed E-state index contributed by atoms with van der Waals surface area (Å²) in [5.41, 5.74) is 3.47. The highest BCUT2D eigenvalue weighted by atomic mass is 16.1. The lowest BCUT2D eigenvalue weighted by atomic mass is 9.95. The van der Waals surface area contributed by atoms with Gasteiger partial charge in [-0.05, 0) is 32.4 Å². The highest BCUT2D eigenvalue weighted by molar-refractivity contribution is 5.79. The van der Waals surface area contributed by atoms with Crippen LogP contribution in [-0.2, 0) is 11.3 Å². The first kappa shape index (κ1) is 20.6. The Balaban J connectivity index is 1.33. The number of nitrogens with zero attached hydrogens (tertiary/aromatic N) is 5. The molecule has 0 spiro atoms. The van der Waals surface area contributed by atoms with Gasteiger partial charge >= 0.3 is 0 Å². The van der Waals surface area contributed by atoms with Gasteiger partial charge in [0.05, 0.1) is 11.9 Å². The second-order valence-corrected chi connectivity index (χ2v) is 8.49. The van der Waals surface area contributed by atoms with Crippen LogP contribution in [0.2, 0.25) is 0 Å². The number of rotatable bonds is 5. The van der Waals surface area contributed by atoms with Gasteiger partial charge in [-0.3, -0.25) is 4.79 Å². The van der Waals surface area contributed by atoms with Crippen molar-refractivity contribution in [3.63, 3.8) is 0 Å². The molecule has 7 nitrogen and oxygen atoms in total. The second kappa shape index (κ2) is 9.43. The van der Waals surface area contributed by atoms with Gasteiger partial charge in [0.2, 0.25) is 5.91 Å². The molecule has 2 aromatic rings. The van der Waals surface area contributed by atoms with Crippen LogP contribution in [-0.4, -0.2) is 67.1 Å². The van der Waals surface area contributed by atoms with Gasteiger partial charge in [0.25, 0.3) is 0 Å². The van der Waals surface area contributed by atoms with E-state index in [4.69, 9.17) is 0 Å². The Labute approximate surface area is 179 Å². The number of likely N-dealkylation sites (N-methyl/N-ethyl adjacent to an activating group) is 1. The number of benzene rings is 1. The minimum atomic E-state index is 0.0720. The normalized spacial score (nSPS) is 18.5. The van der Waals surface area contributed by atoms with Crippen LogP contribution in [0.3, 0.4) is 0 Å². The summed E-state index contributed by atoms with van der Waals surface area (Å²) in [6, 6.07) is 8.29. The van der Waals surface area contributed by atoms with Crippen LogP contribution in [0.5, 0.6) is 0 Å². The average Bonchev–Trinajstić information content (AvgIpc) is 2.78. The lowest BCUT2D eigenvalue weighted by Gasteiger charge is -2.38. The minimum absolute atomic E-state index is 0.0720. The third kappa shape index (κ3) is 4.90. The Morgan fingerprint density at radius 1 is 1.10 bits per heavy atom. The number of anilines is 2. The van der Waals surface area contributed by atoms with E-state index in [9.17, 15) is 4.79 Å². The van der Waals surface area contributed by atoms with E-state index in [0.717, 1.165) is 69.2 Å². The van der Waals surface area contributed by atoms with Crippen LogP contribution in [0, 0.1) is 12.8 Å². The number of hydrogen-bond acceptors (Lipinski definition) is 6. The first-order chi connectivity index (χ1) is 14.6. The lowest BCUT2D eigenvalue weighted by molar-refractivity contribution is -0.125. The molecular weight excluding hydrogens is 376 g/mol. The maximum absolute atomic E-state index is 12.7. The number of piperidine rings is 1. The van der Waals surface area contributed by atoms with Crippen molar-refractivity contribution < 1.29 is 4.79 Å². The minimum Gasteiger partial charge on any atom is -0.367 e. The number of aromatic nitrogens is 2. The fourth-order valence-corrected chi connectivity index (χ4v) is 4.34. The molecule has 3 heterocycles. The van der Waals surface area contributed by atoms with Crippen LogP contribution >= 0.6 is 0 Å². The summed E-state index contributed by atoms with van der Waals surface area (Å²) in [6.45, 7) is 8.45. The number of carbonyl (C=O) groups excluding carboxylic acids is 1. The molecule has 0 atom stereocenters. The highest BCUT2D eigenvalue weighted by Crippen LogP contribution is 2.30. The van der Waals surface area contributed by atoms with Gasteiger partial charge in [-0.1, -0.05) is 29.8 Å². The van der Waals surface area contributed by atoms with Crippen LogP contribution < -0.4 is 15.1 Å². The second-order valence-electron chi connectivity index (χ2n) is 8.49. The number of aryl methyl sites for hydroxylation is 1. The number of carbonyl (C=O) groups is 1. The van der Waals surface area contributed by atoms with Gasteiger partial charge in [-0.25, -0.2) is 9.97 Å². The first-order valence-corrected chi connectivity index (χ1v) is 10.9. The SMILES string of the molecule is Cc1cccc(CNC(=O)C2CCN(c3cncnc3N3CCN(C)CC3)CC2)c1. The molecule has 0 saturated carbocycles. The Kier molecular flexibility index (Phi) is 6.47. The summed E-state index contributed by atoms with van der Waals surface area (Å²) in [4.78, 5) is 28.6. The predicted molar refractivity (Wildman–Crippen MR) is 120 cm³/mol. The van der Waals surface area contributed by atoms with Crippen molar-refractivity contribution in [2.75, 3.05) is 56.1 Å². The highest BCUT2D eigenvalue weighted by Gasteiger charge is 2.28. The third-order valence-electron chi connectivity index (χ3n) is 6.23. The van der Waals surface area contributed by atoms with Crippen molar-refractivity contribution in [2.24, 2.45) is 5.92 Å². The summed E-state index contributed by atoms with van der Waals surface area (Å²) < 4.78 is 0. The standard InChI is InChI=1S/C23H32N6O/c1-18-4-3-5-19(14-18)15-25-23(30)20-6-8-28(9-7-20)21-16-24-17-26-22(21)29-12-10-27(2)11-13-29/h3-5,14,16-17,20H,6-13,15H2,1-2H3,(H,25,30). The predicted octanol–water partition coefficient (Wildman–Crippen LogP) is 2.07. The monoisotopic (exact) mass is 408 g/mol. The average molecular weight is 409 g/mol. The van der Waals surface area contributed by atoms with E-state index in [-0.39, 0.29) is 11.8 Å². The van der Waals surface area contributed by atoms with Crippen molar-refractivity contribution >= 4 is 17.4 Å². The number of amides is 1. The van der Waals surface area contributed by atoms with Crippen LogP contribution in [0.25, 0.3) is 0 Å². The maximum Gasteiger partial charge on any atom is 0.223 e. The number of piperazine rings is 1. The molecule has 0 unspecified atom stereocenters. The molecule has 1 aromatic carbocycles. The quantitative estimate of drug-likeness (QED) is 0.817. The molecule has 0 bridgehead atoms. The van der Waals surface area contributed by atoms with Crippen molar-refractivity contribution in [3.05, 3.63) is 47.9 Å². The molecule has 2 fully saturated rings. The topological polar surface area (TPSA) is 64.6 Å². The summed E-state index contributed by atoms with van der Waals surface area (Å²) in [6.07, 6.45) is 5.29. The van der Waals surface area contributed by atoms with Crippen molar-refractivity contribution in [1.29, 1.82) is 0 Å². The molecular formula is C23H32N6O. The molecule has 1 amide bonds. The van der Waals surface area contributed by atoms with Crippen molar-refractivity contribution in [1.82, 2.24) is 20.2 Å². The van der Waals surface area contributed by atoms with Crippen LogP contribution in [0.4, 0.5) is 11.5 Å². The summed E-state index contributed by atoms with van der Waals surface area (Å²) in [7, 11) is 2.16. The Morgan fingerprint density at radius 3 is 2.60 bits per heavy atom. The van der Waals surface area contributed by atoms with Crippen LogP contribution in [0.1, 0.15) is 24.0 Å². The number of nitrogens with one attached hydrogen (secondary N) is 1. The van der Waals surface area contributed by atoms with E-state index in [1.54, 1.807) is 6.33 Å². The first-order valence-electron chi connectivity index (χ1n) is 10.9. The van der Waals surface area contributed by atoms with E-state index in [2.05, 4.69) is 62.2 Å². The van der Waals surface area contributed by atoms with Gasteiger partial charge in [0.1, 0.15) is 6.33 Å². The molecule has 7 heteroatoms. The molecule has 1 N–H and O–H groups in total. The largest absolute Gasteiger partial charge is 0.367 e. The summed E-state index contributed by atoms with van der Waals surface area (Å²) >= 11 is 0. The van der Waals surface area contributed by atoms with E-state index < -0.39 is 0 Å². The molecule has 1 aromatic heterocycles. The molecule has 2 saturated heterocycles. The molecule has 2 aliphatic rings. The molecule has 160 valence electrons. The zero-order chi connectivity index (χ0) is 20.9. The zero-order valence-electron chi connectivity index (χ0n) is 18.0. The lowest BCUT2D eigenvalue weighted by Crippen LogP contribution is -2.46. The Hall–Kier alpha value is -2.67. The van der Waals surface area contributed by atoms with E-state index >= 15 is 0 Å². The smallest absolute Gasteiger partial charge is 0.223 e. The molecule has 0 aliphatic carbocycles. The van der Waals surface area contributed by atoms with Gasteiger partial charge < -0.3 is 20.0 Å². The summed E-state index contributed by atoms with van der Waals surface area (Å²) in [5, 5.41) is 3.12. The molecule has 0 radical (unpaired) electrons. The number of hydrogen-bond donors (Lipinski definition) is 1. The Morgan fingerprint density at radius 2 is 1.87 bits per heavy atom. The van der Waals surface area contributed by atoms with Crippen molar-refractivity contribution in [2.45, 2.75) is 26.3 Å².